The van der Waals surface area contributed by atoms with E-state index in [1.807, 2.05) is 0 Å². The molecule has 0 saturated carbocycles. The Morgan fingerprint density at radius 1 is 0.457 bits per heavy atom. The lowest BCUT2D eigenvalue weighted by Gasteiger charge is -2.51. The minimum absolute atomic E-state index is 0.110. The molecule has 5 saturated heterocycles. The van der Waals surface area contributed by atoms with Crippen LogP contribution in [0.5, 0.6) is 11.5 Å². The molecule has 5 aliphatic heterocycles. The molecule has 0 spiro atoms. The number of carbonyl (C=O) groups excluding carboxylic acids is 5. The molecule has 0 bridgehead atoms. The molecule has 33 nitrogen and oxygen atoms in total. The molecule has 5 fully saturated rings. The largest absolute Gasteiger partial charge is 0.508 e. The molecule has 24 atom stereocenters. The molecule has 0 unspecified atom stereocenters. The van der Waals surface area contributed by atoms with Gasteiger partial charge in [0.15, 0.2) is 43.5 Å². The van der Waals surface area contributed by atoms with Crippen molar-refractivity contribution < 1.29 is 162 Å². The lowest BCUT2D eigenvalue weighted by atomic mass is 9.95. The Kier molecular flexibility index (Phi) is 24.7. The van der Waals surface area contributed by atoms with Crippen molar-refractivity contribution in [1.82, 2.24) is 0 Å². The van der Waals surface area contributed by atoms with Gasteiger partial charge >= 0.3 is 29.8 Å². The molecule has 3 aromatic carbocycles. The quantitative estimate of drug-likeness (QED) is 0.0227. The lowest BCUT2D eigenvalue weighted by molar-refractivity contribution is -0.423. The van der Waals surface area contributed by atoms with Crippen molar-refractivity contribution in [3.05, 3.63) is 108 Å². The summed E-state index contributed by atoms with van der Waals surface area (Å²) in [5.74, 6) is -9.00. The smallest absolute Gasteiger partial charge is 0.338 e. The van der Waals surface area contributed by atoms with Crippen molar-refractivity contribution in [3.63, 3.8) is 0 Å². The van der Waals surface area contributed by atoms with Crippen LogP contribution in [0.15, 0.2) is 91.0 Å². The number of esters is 5. The van der Waals surface area contributed by atoms with Gasteiger partial charge in [0.05, 0.1) is 32.0 Å². The highest BCUT2D eigenvalue weighted by Gasteiger charge is 2.64. The first-order valence-electron chi connectivity index (χ1n) is 28.6. The normalized spacial score (nSPS) is 36.5. The highest BCUT2D eigenvalue weighted by Crippen LogP contribution is 2.43. The van der Waals surface area contributed by atoms with Crippen LogP contribution in [0.25, 0.3) is 12.2 Å². The highest BCUT2D eigenvalue weighted by molar-refractivity contribution is 5.90. The molecule has 0 aromatic heterocycles. The zero-order valence-corrected chi connectivity index (χ0v) is 48.9. The Morgan fingerprint density at radius 3 is 1.46 bits per heavy atom. The van der Waals surface area contributed by atoms with Crippen molar-refractivity contribution >= 4 is 42.0 Å². The van der Waals surface area contributed by atoms with Crippen LogP contribution in [0.2, 0.25) is 0 Å². The number of aliphatic hydroxyl groups excluding tert-OH is 12. The van der Waals surface area contributed by atoms with Crippen LogP contribution in [0.4, 0.5) is 0 Å². The maximum absolute atomic E-state index is 14.2. The highest BCUT2D eigenvalue weighted by atomic mass is 16.8. The molecule has 0 aliphatic carbocycles. The monoisotopic (exact) mass is 1310 g/mol. The molecule has 0 radical (unpaired) electrons. The Hall–Kier alpha value is -6.75. The van der Waals surface area contributed by atoms with Gasteiger partial charge in [-0.2, -0.15) is 0 Å². The third kappa shape index (κ3) is 17.0. The number of hydrogen-bond acceptors (Lipinski definition) is 33. The minimum Gasteiger partial charge on any atom is -0.508 e. The number of phenols is 2. The van der Waals surface area contributed by atoms with Crippen molar-refractivity contribution in [2.24, 2.45) is 0 Å². The van der Waals surface area contributed by atoms with E-state index in [0.717, 1.165) is 26.0 Å². The second-order valence-electron chi connectivity index (χ2n) is 21.6. The van der Waals surface area contributed by atoms with Gasteiger partial charge in [-0.05, 0) is 59.7 Å². The predicted octanol–water partition coefficient (Wildman–Crippen LogP) is -4.98. The summed E-state index contributed by atoms with van der Waals surface area (Å²) in [4.78, 5) is 67.3. The standard InChI is InChI=1S/C59H72O33/c1-26(64)79-24-37-49(81-27(2)65)50(87-55-45(75)43(73)40(70)33(20-60)82-55)47(77)57(85-37)88-51-48(86-39(69)19-13-29-10-16-32(67)17-11-29)36(23-63)84-58(52(51)89-56-46(76)44(74)41(71)34(21-61)83-56)92-59(25-80-38(68)18-12-28-8-14-31(66)15-9-28)53(42(72)35(22-62)91-59)90-54(78)30-6-4-3-5-7-30/h3-19,33-37,40-53,55-58,60-63,66-67,70-77H,20-25H2,1-2H3/b18-12+,19-13+/t33-,34-,35-,36-,37-,40-,41-,42-,43+,44+,45-,46-,47-,48-,49-,50-,51+,52-,53+,55+,56+,57+,58-,59+/m1/s1. The topological polar surface area (TPSA) is 498 Å². The van der Waals surface area contributed by atoms with Gasteiger partial charge in [-0.15, -0.1) is 0 Å². The van der Waals surface area contributed by atoms with E-state index >= 15 is 0 Å². The first-order valence-corrected chi connectivity index (χ1v) is 28.6. The summed E-state index contributed by atoms with van der Waals surface area (Å²) < 4.78 is 83.9. The predicted molar refractivity (Wildman–Crippen MR) is 297 cm³/mol. The molecule has 14 N–H and O–H groups in total. The fraction of sp³-hybridized carbons (Fsp3) is 0.542. The molecular formula is C59H72O33. The third-order valence-corrected chi connectivity index (χ3v) is 15.2. The zero-order valence-electron chi connectivity index (χ0n) is 48.9. The number of phenolic OH excluding ortho intramolecular Hbond substituents is 2. The van der Waals surface area contributed by atoms with E-state index in [1.165, 1.54) is 84.9 Å². The molecule has 0 amide bonds. The van der Waals surface area contributed by atoms with Gasteiger partial charge in [0.2, 0.25) is 5.79 Å². The summed E-state index contributed by atoms with van der Waals surface area (Å²) >= 11 is 0. The van der Waals surface area contributed by atoms with E-state index in [1.54, 1.807) is 6.07 Å². The van der Waals surface area contributed by atoms with Crippen LogP contribution < -0.4 is 0 Å². The van der Waals surface area contributed by atoms with Crippen LogP contribution in [0.3, 0.4) is 0 Å². The second kappa shape index (κ2) is 31.9. The van der Waals surface area contributed by atoms with Crippen LogP contribution in [0.1, 0.15) is 35.3 Å². The van der Waals surface area contributed by atoms with Gasteiger partial charge in [0, 0.05) is 26.0 Å². The van der Waals surface area contributed by atoms with E-state index in [4.69, 9.17) is 66.3 Å². The van der Waals surface area contributed by atoms with E-state index in [2.05, 4.69) is 0 Å². The third-order valence-electron chi connectivity index (χ3n) is 15.2. The maximum atomic E-state index is 14.2. The lowest BCUT2D eigenvalue weighted by Crippen LogP contribution is -2.70. The molecule has 5 aliphatic rings. The number of carbonyl (C=O) groups is 5. The van der Waals surface area contributed by atoms with Gasteiger partial charge in [0.1, 0.15) is 122 Å². The Bertz CT molecular complexity index is 2970. The molecular weight excluding hydrogens is 1240 g/mol. The van der Waals surface area contributed by atoms with Crippen molar-refractivity contribution in [3.8, 4) is 11.5 Å². The van der Waals surface area contributed by atoms with Gasteiger partial charge in [0.25, 0.3) is 0 Å². The van der Waals surface area contributed by atoms with Gasteiger partial charge in [-0.1, -0.05) is 42.5 Å². The molecule has 3 aromatic rings. The van der Waals surface area contributed by atoms with Crippen molar-refractivity contribution in [2.45, 2.75) is 161 Å². The molecule has 506 valence electrons. The number of ether oxygens (including phenoxy) is 14. The molecule has 5 heterocycles. The minimum atomic E-state index is -2.99. The first kappa shape index (κ1) is 71.1. The Morgan fingerprint density at radius 2 is 0.935 bits per heavy atom. The fourth-order valence-corrected chi connectivity index (χ4v) is 10.5. The zero-order chi connectivity index (χ0) is 66.7. The fourth-order valence-electron chi connectivity index (χ4n) is 10.5. The van der Waals surface area contributed by atoms with E-state index < -0.39 is 216 Å². The van der Waals surface area contributed by atoms with E-state index in [-0.39, 0.29) is 17.1 Å². The van der Waals surface area contributed by atoms with E-state index in [9.17, 15) is 95.5 Å². The summed E-state index contributed by atoms with van der Waals surface area (Å²) in [5.41, 5.74) is 0.522. The second-order valence-corrected chi connectivity index (χ2v) is 21.6. The van der Waals surface area contributed by atoms with Crippen molar-refractivity contribution in [2.75, 3.05) is 39.6 Å². The maximum Gasteiger partial charge on any atom is 0.338 e. The summed E-state index contributed by atoms with van der Waals surface area (Å²) in [7, 11) is 0. The number of hydrogen-bond donors (Lipinski definition) is 14. The summed E-state index contributed by atoms with van der Waals surface area (Å²) in [5, 5.41) is 153. The average Bonchev–Trinajstić information content (AvgIpc) is 1.38. The van der Waals surface area contributed by atoms with Crippen LogP contribution in [-0.2, 0) is 85.5 Å². The first-order chi connectivity index (χ1) is 43.9. The Labute approximate surface area is 522 Å². The van der Waals surface area contributed by atoms with Gasteiger partial charge < -0.3 is 138 Å². The SMILES string of the molecule is CC(=O)OC[C@H]1O[C@@H](O[C@@H]2[C@@H](O[C@@H]3O[C@H](CO)[C@@H](O)[C@H](O)[C@H]3O)[C@@H](O[C@]3(COC(=O)/C=C/c4ccc(O)cc4)O[C@H](CO)[C@@H](O)[C@@H]3OC(=O)c3ccccc3)O[C@H](CO)[C@H]2OC(=O)/C=C/c2ccc(O)cc2)[C@H](O)[C@@H](O[C@@H]2O[C@H](CO)[C@@H](O)[C@H](O)[C@H]2O)[C@@H]1OC(C)=O. The molecule has 92 heavy (non-hydrogen) atoms. The van der Waals surface area contributed by atoms with E-state index in [0.29, 0.717) is 11.1 Å². The average molecular weight is 1310 g/mol. The summed E-state index contributed by atoms with van der Waals surface area (Å²) in [6.45, 7) is -4.72. The number of aromatic hydroxyl groups is 2. The summed E-state index contributed by atoms with van der Waals surface area (Å²) in [6, 6.07) is 17.9. The van der Waals surface area contributed by atoms with Gasteiger partial charge in [-0.3, -0.25) is 9.59 Å². The molecule has 8 rings (SSSR count). The number of benzene rings is 3. The molecule has 33 heteroatoms. The van der Waals surface area contributed by atoms with Crippen LogP contribution in [0, 0.1) is 0 Å². The summed E-state index contributed by atoms with van der Waals surface area (Å²) in [6.07, 6.45) is -45.2. The van der Waals surface area contributed by atoms with Crippen molar-refractivity contribution in [1.29, 1.82) is 0 Å². The van der Waals surface area contributed by atoms with Crippen LogP contribution >= 0.6 is 0 Å². The number of rotatable bonds is 24. The van der Waals surface area contributed by atoms with Crippen LogP contribution in [-0.4, -0.2) is 288 Å². The number of aliphatic hydroxyl groups is 12. The Balaban J connectivity index is 1.29. The van der Waals surface area contributed by atoms with Gasteiger partial charge in [-0.25, -0.2) is 14.4 Å².